The molecular weight excluding hydrogens is 274 g/mol. The Hall–Kier alpha value is -1.10. The molecule has 0 unspecified atom stereocenters. The van der Waals surface area contributed by atoms with Crippen LogP contribution in [0.4, 0.5) is 0 Å². The van der Waals surface area contributed by atoms with Gasteiger partial charge in [0.25, 0.3) is 0 Å². The van der Waals surface area contributed by atoms with Crippen LogP contribution in [-0.2, 0) is 4.74 Å². The Labute approximate surface area is 134 Å². The van der Waals surface area contributed by atoms with Crippen molar-refractivity contribution in [3.63, 3.8) is 0 Å². The highest BCUT2D eigenvalue weighted by molar-refractivity contribution is 5.08. The van der Waals surface area contributed by atoms with Gasteiger partial charge in [0.15, 0.2) is 0 Å². The Bertz CT molecular complexity index is 503. The lowest BCUT2D eigenvalue weighted by molar-refractivity contribution is -0.217. The normalized spacial score (nSPS) is 37.8. The monoisotopic (exact) mass is 301 g/mol. The molecule has 0 N–H and O–H groups in total. The zero-order valence-corrected chi connectivity index (χ0v) is 13.8. The van der Waals surface area contributed by atoms with Gasteiger partial charge in [-0.05, 0) is 57.8 Å². The standard InChI is InChI=1S/C18H27N3O/c1-17(2)12-21(11-15(10-20)4-3-7-19)13-18(22-17)9-14-5-6-16(18)8-14/h14-16H,3-6,8-9,11-13H2,1-2H3/t14-,15+,16+,18+/m1/s1. The van der Waals surface area contributed by atoms with E-state index in [2.05, 4.69) is 30.9 Å². The summed E-state index contributed by atoms with van der Waals surface area (Å²) in [7, 11) is 0. The van der Waals surface area contributed by atoms with E-state index >= 15 is 0 Å². The quantitative estimate of drug-likeness (QED) is 0.800. The van der Waals surface area contributed by atoms with Gasteiger partial charge in [-0.25, -0.2) is 0 Å². The van der Waals surface area contributed by atoms with E-state index in [-0.39, 0.29) is 17.1 Å². The Kier molecular flexibility index (Phi) is 4.19. The van der Waals surface area contributed by atoms with Gasteiger partial charge in [-0.1, -0.05) is 0 Å². The summed E-state index contributed by atoms with van der Waals surface area (Å²) in [6.45, 7) is 7.01. The molecule has 4 nitrogen and oxygen atoms in total. The zero-order valence-electron chi connectivity index (χ0n) is 13.8. The van der Waals surface area contributed by atoms with Crippen LogP contribution in [-0.4, -0.2) is 35.7 Å². The fraction of sp³-hybridized carbons (Fsp3) is 0.889. The zero-order chi connectivity index (χ0) is 15.8. The van der Waals surface area contributed by atoms with Crippen molar-refractivity contribution in [2.24, 2.45) is 17.8 Å². The van der Waals surface area contributed by atoms with E-state index in [0.717, 1.165) is 25.6 Å². The fourth-order valence-electron chi connectivity index (χ4n) is 5.18. The molecule has 2 aliphatic carbocycles. The van der Waals surface area contributed by atoms with Crippen LogP contribution < -0.4 is 0 Å². The molecular formula is C18H27N3O. The third-order valence-electron chi connectivity index (χ3n) is 5.76. The van der Waals surface area contributed by atoms with Crippen LogP contribution in [0.1, 0.15) is 52.4 Å². The molecule has 3 fully saturated rings. The van der Waals surface area contributed by atoms with Gasteiger partial charge in [0, 0.05) is 26.1 Å². The minimum absolute atomic E-state index is 0.0277. The molecule has 3 rings (SSSR count). The summed E-state index contributed by atoms with van der Waals surface area (Å²) in [6.07, 6.45) is 6.38. The van der Waals surface area contributed by atoms with Crippen LogP contribution in [0.25, 0.3) is 0 Å². The van der Waals surface area contributed by atoms with Gasteiger partial charge in [0.1, 0.15) is 0 Å². The minimum Gasteiger partial charge on any atom is -0.366 e. The average molecular weight is 301 g/mol. The minimum atomic E-state index is -0.141. The van der Waals surface area contributed by atoms with Crippen LogP contribution in [0.15, 0.2) is 0 Å². The molecule has 4 atom stereocenters. The molecule has 1 spiro atoms. The summed E-state index contributed by atoms with van der Waals surface area (Å²) >= 11 is 0. The van der Waals surface area contributed by atoms with E-state index in [9.17, 15) is 5.26 Å². The van der Waals surface area contributed by atoms with E-state index in [1.54, 1.807) is 0 Å². The number of hydrogen-bond donors (Lipinski definition) is 0. The molecule has 0 aromatic carbocycles. The number of ether oxygens (including phenoxy) is 1. The lowest BCUT2D eigenvalue weighted by atomic mass is 9.80. The maximum absolute atomic E-state index is 9.36. The predicted molar refractivity (Wildman–Crippen MR) is 83.7 cm³/mol. The van der Waals surface area contributed by atoms with Gasteiger partial charge in [-0.2, -0.15) is 10.5 Å². The summed E-state index contributed by atoms with van der Waals surface area (Å²) in [4.78, 5) is 2.44. The molecule has 1 saturated heterocycles. The molecule has 0 amide bonds. The van der Waals surface area contributed by atoms with Gasteiger partial charge in [-0.15, -0.1) is 0 Å². The summed E-state index contributed by atoms with van der Waals surface area (Å²) in [5, 5.41) is 18.1. The first kappa shape index (κ1) is 15.8. The van der Waals surface area contributed by atoms with Gasteiger partial charge < -0.3 is 4.74 Å². The number of fused-ring (bicyclic) bond motifs is 3. The smallest absolute Gasteiger partial charge is 0.0847 e. The second kappa shape index (κ2) is 5.84. The van der Waals surface area contributed by atoms with Crippen LogP contribution in [0, 0.1) is 40.4 Å². The highest BCUT2D eigenvalue weighted by atomic mass is 16.5. The Morgan fingerprint density at radius 3 is 2.68 bits per heavy atom. The molecule has 0 aromatic heterocycles. The SMILES string of the molecule is CC1(C)CN(C[C@H](C#N)CCC#N)C[C@]2(C[C@@H]3CC[C@H]2C3)O1. The molecule has 2 bridgehead atoms. The van der Waals surface area contributed by atoms with E-state index in [1.165, 1.54) is 25.7 Å². The Morgan fingerprint density at radius 1 is 1.27 bits per heavy atom. The van der Waals surface area contributed by atoms with E-state index in [1.807, 2.05) is 0 Å². The highest BCUT2D eigenvalue weighted by Crippen LogP contribution is 2.55. The third-order valence-corrected chi connectivity index (χ3v) is 5.76. The van der Waals surface area contributed by atoms with Crippen molar-refractivity contribution in [1.29, 1.82) is 10.5 Å². The van der Waals surface area contributed by atoms with E-state index < -0.39 is 0 Å². The Morgan fingerprint density at radius 2 is 2.09 bits per heavy atom. The molecule has 2 saturated carbocycles. The summed E-state index contributed by atoms with van der Waals surface area (Å²) in [5.41, 5.74) is -0.113. The first-order valence-corrected chi connectivity index (χ1v) is 8.65. The molecule has 0 aromatic rings. The van der Waals surface area contributed by atoms with Crippen molar-refractivity contribution >= 4 is 0 Å². The summed E-state index contributed by atoms with van der Waals surface area (Å²) in [6, 6.07) is 4.55. The maximum atomic E-state index is 9.36. The van der Waals surface area contributed by atoms with Crippen molar-refractivity contribution in [2.75, 3.05) is 19.6 Å². The van der Waals surface area contributed by atoms with Gasteiger partial charge in [0.2, 0.25) is 0 Å². The second-order valence-electron chi connectivity index (χ2n) is 8.20. The molecule has 3 aliphatic rings. The summed E-state index contributed by atoms with van der Waals surface area (Å²) in [5.74, 6) is 1.52. The van der Waals surface area contributed by atoms with Gasteiger partial charge >= 0.3 is 0 Å². The van der Waals surface area contributed by atoms with Crippen LogP contribution in [0.3, 0.4) is 0 Å². The van der Waals surface area contributed by atoms with Gasteiger partial charge in [-0.3, -0.25) is 4.90 Å². The van der Waals surface area contributed by atoms with Crippen molar-refractivity contribution in [3.8, 4) is 12.1 Å². The number of nitrogens with zero attached hydrogens (tertiary/aromatic N) is 3. The second-order valence-corrected chi connectivity index (χ2v) is 8.20. The molecule has 120 valence electrons. The van der Waals surface area contributed by atoms with E-state index in [4.69, 9.17) is 10.00 Å². The van der Waals surface area contributed by atoms with Crippen LogP contribution in [0.5, 0.6) is 0 Å². The fourth-order valence-corrected chi connectivity index (χ4v) is 5.18. The van der Waals surface area contributed by atoms with Crippen molar-refractivity contribution < 1.29 is 4.74 Å². The van der Waals surface area contributed by atoms with Crippen LogP contribution >= 0.6 is 0 Å². The molecule has 4 heteroatoms. The van der Waals surface area contributed by atoms with Gasteiger partial charge in [0.05, 0.1) is 29.3 Å². The lowest BCUT2D eigenvalue weighted by Crippen LogP contribution is -2.62. The number of hydrogen-bond acceptors (Lipinski definition) is 4. The van der Waals surface area contributed by atoms with E-state index in [0.29, 0.717) is 18.8 Å². The largest absolute Gasteiger partial charge is 0.366 e. The highest BCUT2D eigenvalue weighted by Gasteiger charge is 2.56. The first-order chi connectivity index (χ1) is 10.5. The topological polar surface area (TPSA) is 60.0 Å². The summed E-state index contributed by atoms with van der Waals surface area (Å²) < 4.78 is 6.61. The number of nitriles is 2. The number of morpholine rings is 1. The van der Waals surface area contributed by atoms with Crippen molar-refractivity contribution in [1.82, 2.24) is 4.90 Å². The third kappa shape index (κ3) is 3.00. The number of rotatable bonds is 4. The molecule has 1 heterocycles. The molecule has 1 aliphatic heterocycles. The first-order valence-electron chi connectivity index (χ1n) is 8.65. The molecule has 22 heavy (non-hydrogen) atoms. The lowest BCUT2D eigenvalue weighted by Gasteiger charge is -2.52. The van der Waals surface area contributed by atoms with Crippen LogP contribution in [0.2, 0.25) is 0 Å². The average Bonchev–Trinajstić information content (AvgIpc) is 3.01. The maximum Gasteiger partial charge on any atom is 0.0847 e. The Balaban J connectivity index is 1.70. The molecule has 0 radical (unpaired) electrons. The van der Waals surface area contributed by atoms with Crippen molar-refractivity contribution in [2.45, 2.75) is 63.6 Å². The predicted octanol–water partition coefficient (Wildman–Crippen LogP) is 3.10. The van der Waals surface area contributed by atoms with Crippen molar-refractivity contribution in [3.05, 3.63) is 0 Å².